The Hall–Kier alpha value is -4.42. The average molecular weight is 536 g/mol. The van der Waals surface area contributed by atoms with Crippen molar-refractivity contribution in [3.8, 4) is 34.0 Å². The normalized spacial score (nSPS) is 11.0. The van der Waals surface area contributed by atoms with E-state index in [0.29, 0.717) is 0 Å². The van der Waals surface area contributed by atoms with Gasteiger partial charge in [0.05, 0.1) is 23.2 Å². The number of hydrogen-bond acceptors (Lipinski definition) is 3. The number of hydrazone groups is 1. The molecule has 4 aromatic carbocycles. The largest absolute Gasteiger partial charge is 0.507 e. The zero-order valence-electron chi connectivity index (χ0n) is 19.2. The standard InChI is InChI=1S/C30H22BrN3O2/c31-24-15-17-25(18-16-24)34-27(21-9-3-1-4-10-21)19-23(29(34)22-11-5-2-6-12-22)20-32-33-30(36)26-13-7-8-14-28(26)35/h1-20,35H,(H,33,36). The number of para-hydroxylation sites is 1. The Morgan fingerprint density at radius 2 is 1.42 bits per heavy atom. The second kappa shape index (κ2) is 10.5. The Bertz CT molecular complexity index is 1530. The number of hydrogen-bond donors (Lipinski definition) is 2. The average Bonchev–Trinajstić information content (AvgIpc) is 3.29. The molecule has 0 radical (unpaired) electrons. The highest BCUT2D eigenvalue weighted by Gasteiger charge is 2.19. The summed E-state index contributed by atoms with van der Waals surface area (Å²) in [6, 6.07) is 36.8. The monoisotopic (exact) mass is 535 g/mol. The zero-order chi connectivity index (χ0) is 24.9. The van der Waals surface area contributed by atoms with E-state index >= 15 is 0 Å². The number of nitrogens with zero attached hydrogens (tertiary/aromatic N) is 2. The van der Waals surface area contributed by atoms with Crippen LogP contribution in [-0.4, -0.2) is 21.8 Å². The van der Waals surface area contributed by atoms with Crippen molar-refractivity contribution in [3.63, 3.8) is 0 Å². The summed E-state index contributed by atoms with van der Waals surface area (Å²) in [7, 11) is 0. The van der Waals surface area contributed by atoms with Crippen molar-refractivity contribution in [1.82, 2.24) is 9.99 Å². The van der Waals surface area contributed by atoms with Gasteiger partial charge >= 0.3 is 0 Å². The molecule has 2 N–H and O–H groups in total. The molecule has 1 heterocycles. The number of amides is 1. The molecule has 0 saturated heterocycles. The van der Waals surface area contributed by atoms with Crippen LogP contribution in [0.25, 0.3) is 28.2 Å². The molecule has 6 heteroatoms. The fourth-order valence-corrected chi connectivity index (χ4v) is 4.35. The van der Waals surface area contributed by atoms with Crippen LogP contribution in [0.5, 0.6) is 5.75 Å². The fourth-order valence-electron chi connectivity index (χ4n) is 4.09. The number of benzene rings is 4. The van der Waals surface area contributed by atoms with Crippen molar-refractivity contribution >= 4 is 28.1 Å². The van der Waals surface area contributed by atoms with E-state index in [1.807, 2.05) is 48.5 Å². The van der Waals surface area contributed by atoms with Gasteiger partial charge in [-0.15, -0.1) is 0 Å². The number of rotatable bonds is 6. The first kappa shape index (κ1) is 23.3. The molecule has 1 aromatic heterocycles. The molecule has 0 saturated carbocycles. The Morgan fingerprint density at radius 3 is 2.08 bits per heavy atom. The number of halogens is 1. The van der Waals surface area contributed by atoms with Gasteiger partial charge in [-0.05, 0) is 53.6 Å². The molecule has 36 heavy (non-hydrogen) atoms. The van der Waals surface area contributed by atoms with E-state index in [4.69, 9.17) is 0 Å². The minimum Gasteiger partial charge on any atom is -0.507 e. The molecule has 5 aromatic rings. The molecule has 0 unspecified atom stereocenters. The van der Waals surface area contributed by atoms with Gasteiger partial charge in [0.25, 0.3) is 5.91 Å². The quantitative estimate of drug-likeness (QED) is 0.181. The number of phenolic OH excluding ortho intramolecular Hbond substituents is 1. The lowest BCUT2D eigenvalue weighted by Crippen LogP contribution is -2.17. The molecule has 0 aliphatic carbocycles. The summed E-state index contributed by atoms with van der Waals surface area (Å²) < 4.78 is 3.19. The van der Waals surface area contributed by atoms with E-state index in [-0.39, 0.29) is 11.3 Å². The highest BCUT2D eigenvalue weighted by Crippen LogP contribution is 2.35. The second-order valence-corrected chi connectivity index (χ2v) is 9.01. The van der Waals surface area contributed by atoms with Crippen molar-refractivity contribution in [2.75, 3.05) is 0 Å². The zero-order valence-corrected chi connectivity index (χ0v) is 20.8. The predicted octanol–water partition coefficient (Wildman–Crippen LogP) is 7.04. The maximum Gasteiger partial charge on any atom is 0.275 e. The van der Waals surface area contributed by atoms with Crippen molar-refractivity contribution in [2.45, 2.75) is 0 Å². The van der Waals surface area contributed by atoms with Gasteiger partial charge in [0.2, 0.25) is 0 Å². The summed E-state index contributed by atoms with van der Waals surface area (Å²) in [6.45, 7) is 0. The Kier molecular flexibility index (Phi) is 6.78. The van der Waals surface area contributed by atoms with Gasteiger partial charge in [0.1, 0.15) is 5.75 Å². The maximum absolute atomic E-state index is 12.6. The van der Waals surface area contributed by atoms with E-state index in [9.17, 15) is 9.90 Å². The summed E-state index contributed by atoms with van der Waals surface area (Å²) in [6.07, 6.45) is 1.64. The lowest BCUT2D eigenvalue weighted by Gasteiger charge is -2.15. The molecule has 0 spiro atoms. The molecule has 0 fully saturated rings. The van der Waals surface area contributed by atoms with E-state index < -0.39 is 5.91 Å². The van der Waals surface area contributed by atoms with Crippen LogP contribution in [0.4, 0.5) is 0 Å². The Labute approximate surface area is 217 Å². The van der Waals surface area contributed by atoms with Crippen LogP contribution in [0.15, 0.2) is 125 Å². The van der Waals surface area contributed by atoms with E-state index in [2.05, 4.69) is 73.5 Å². The van der Waals surface area contributed by atoms with Gasteiger partial charge in [0.15, 0.2) is 0 Å². The molecule has 0 atom stereocenters. The van der Waals surface area contributed by atoms with E-state index in [1.165, 1.54) is 6.07 Å². The molecule has 1 amide bonds. The van der Waals surface area contributed by atoms with Crippen LogP contribution >= 0.6 is 15.9 Å². The highest BCUT2D eigenvalue weighted by atomic mass is 79.9. The topological polar surface area (TPSA) is 66.6 Å². The number of carbonyl (C=O) groups excluding carboxylic acids is 1. The third-order valence-electron chi connectivity index (χ3n) is 5.75. The van der Waals surface area contributed by atoms with Crippen LogP contribution in [0.1, 0.15) is 15.9 Å². The van der Waals surface area contributed by atoms with Crippen molar-refractivity contribution < 1.29 is 9.90 Å². The third kappa shape index (κ3) is 4.85. The summed E-state index contributed by atoms with van der Waals surface area (Å²) in [4.78, 5) is 12.6. The second-order valence-electron chi connectivity index (χ2n) is 8.09. The van der Waals surface area contributed by atoms with Crippen LogP contribution in [0, 0.1) is 0 Å². The molecule has 176 valence electrons. The SMILES string of the molecule is O=C(NN=Cc1cc(-c2ccccc2)n(-c2ccc(Br)cc2)c1-c1ccccc1)c1ccccc1O. The van der Waals surface area contributed by atoms with E-state index in [0.717, 1.165) is 38.2 Å². The number of carbonyl (C=O) groups is 1. The fraction of sp³-hybridized carbons (Fsp3) is 0. The van der Waals surface area contributed by atoms with Crippen molar-refractivity contribution in [1.29, 1.82) is 0 Å². The minimum absolute atomic E-state index is 0.0945. The number of aromatic nitrogens is 1. The molecule has 0 aliphatic heterocycles. The maximum atomic E-state index is 12.6. The number of aromatic hydroxyl groups is 1. The minimum atomic E-state index is -0.485. The molecule has 0 aliphatic rings. The van der Waals surface area contributed by atoms with Crippen LogP contribution in [0.2, 0.25) is 0 Å². The van der Waals surface area contributed by atoms with Crippen LogP contribution in [0.3, 0.4) is 0 Å². The summed E-state index contributed by atoms with van der Waals surface area (Å²) in [5.41, 5.74) is 8.52. The van der Waals surface area contributed by atoms with Crippen molar-refractivity contribution in [3.05, 3.63) is 131 Å². The first-order valence-corrected chi connectivity index (χ1v) is 12.1. The van der Waals surface area contributed by atoms with Crippen LogP contribution in [-0.2, 0) is 0 Å². The number of nitrogens with one attached hydrogen (secondary N) is 1. The Morgan fingerprint density at radius 1 is 0.806 bits per heavy atom. The molecule has 5 rings (SSSR count). The van der Waals surface area contributed by atoms with Gasteiger partial charge < -0.3 is 9.67 Å². The first-order chi connectivity index (χ1) is 17.6. The van der Waals surface area contributed by atoms with Gasteiger partial charge in [-0.3, -0.25) is 4.79 Å². The first-order valence-electron chi connectivity index (χ1n) is 11.4. The van der Waals surface area contributed by atoms with Crippen LogP contribution < -0.4 is 5.43 Å². The molecule has 0 bridgehead atoms. The third-order valence-corrected chi connectivity index (χ3v) is 6.28. The van der Waals surface area contributed by atoms with Crippen molar-refractivity contribution in [2.24, 2.45) is 5.10 Å². The van der Waals surface area contributed by atoms with Gasteiger partial charge in [0, 0.05) is 15.7 Å². The predicted molar refractivity (Wildman–Crippen MR) is 148 cm³/mol. The molecule has 5 nitrogen and oxygen atoms in total. The lowest BCUT2D eigenvalue weighted by molar-refractivity contribution is 0.0952. The summed E-state index contributed by atoms with van der Waals surface area (Å²) in [5.74, 6) is -0.579. The smallest absolute Gasteiger partial charge is 0.275 e. The summed E-state index contributed by atoms with van der Waals surface area (Å²) >= 11 is 3.53. The highest BCUT2D eigenvalue weighted by molar-refractivity contribution is 9.10. The van der Waals surface area contributed by atoms with Gasteiger partial charge in [-0.25, -0.2) is 5.43 Å². The van der Waals surface area contributed by atoms with Gasteiger partial charge in [-0.2, -0.15) is 5.10 Å². The lowest BCUT2D eigenvalue weighted by atomic mass is 10.1. The molecular formula is C30H22BrN3O2. The van der Waals surface area contributed by atoms with E-state index in [1.54, 1.807) is 24.4 Å². The van der Waals surface area contributed by atoms with Gasteiger partial charge in [-0.1, -0.05) is 88.7 Å². The molecular weight excluding hydrogens is 514 g/mol. The number of phenols is 1. The summed E-state index contributed by atoms with van der Waals surface area (Å²) in [5, 5.41) is 14.2. The Balaban J connectivity index is 1.64.